The molecule has 2 rings (SSSR count). The molecule has 19 heavy (non-hydrogen) atoms. The minimum absolute atomic E-state index is 0.119. The van der Waals surface area contributed by atoms with E-state index in [1.807, 2.05) is 6.92 Å². The van der Waals surface area contributed by atoms with Crippen molar-refractivity contribution in [1.82, 2.24) is 10.6 Å². The molecule has 0 spiro atoms. The summed E-state index contributed by atoms with van der Waals surface area (Å²) in [6, 6.07) is -0.297. The van der Waals surface area contributed by atoms with Gasteiger partial charge in [-0.05, 0) is 6.42 Å². The monoisotopic (exact) mass is 266 g/mol. The molecule has 1 atom stereocenters. The molecule has 0 aromatic carbocycles. The highest BCUT2D eigenvalue weighted by atomic mass is 16.3. The normalized spacial score (nSPS) is 15.6. The first-order chi connectivity index (χ1) is 9.17. The van der Waals surface area contributed by atoms with Crippen molar-refractivity contribution in [3.05, 3.63) is 23.2 Å². The molecule has 1 unspecified atom stereocenters. The number of aliphatic hydroxyl groups excluding tert-OH is 1. The van der Waals surface area contributed by atoms with Crippen LogP contribution in [0.4, 0.5) is 0 Å². The number of aliphatic hydroxyl groups is 1. The van der Waals surface area contributed by atoms with E-state index >= 15 is 0 Å². The van der Waals surface area contributed by atoms with Gasteiger partial charge in [0, 0.05) is 13.0 Å². The van der Waals surface area contributed by atoms with E-state index in [9.17, 15) is 14.7 Å². The maximum Gasteiger partial charge on any atom is 0.255 e. The second-order valence-electron chi connectivity index (χ2n) is 4.60. The molecular formula is C13H18N2O4. The molecule has 0 bridgehead atoms. The Labute approximate surface area is 111 Å². The van der Waals surface area contributed by atoms with Crippen LogP contribution < -0.4 is 10.6 Å². The lowest BCUT2D eigenvalue weighted by molar-refractivity contribution is 0.0891. The van der Waals surface area contributed by atoms with E-state index in [0.717, 1.165) is 6.42 Å². The van der Waals surface area contributed by atoms with E-state index in [1.165, 1.54) is 6.26 Å². The number of fused-ring (bicyclic) bond motifs is 1. The Hall–Kier alpha value is -1.82. The zero-order valence-corrected chi connectivity index (χ0v) is 10.9. The standard InChI is InChI=1S/C13H18N2O4/c1-2-3-8(6-16)15-12(17)9-7-19-10-4-5-14-13(18)11(9)10/h7-8,16H,2-6H2,1H3,(H,14,18)(H,15,17). The smallest absolute Gasteiger partial charge is 0.255 e. The number of hydrogen-bond acceptors (Lipinski definition) is 4. The predicted molar refractivity (Wildman–Crippen MR) is 68.0 cm³/mol. The van der Waals surface area contributed by atoms with Crippen LogP contribution in [0.2, 0.25) is 0 Å². The fourth-order valence-electron chi connectivity index (χ4n) is 2.20. The first-order valence-electron chi connectivity index (χ1n) is 6.47. The molecule has 6 heteroatoms. The minimum atomic E-state index is -0.380. The molecule has 3 N–H and O–H groups in total. The van der Waals surface area contributed by atoms with Crippen molar-refractivity contribution in [1.29, 1.82) is 0 Å². The van der Waals surface area contributed by atoms with Crippen LogP contribution in [0, 0.1) is 0 Å². The van der Waals surface area contributed by atoms with E-state index in [-0.39, 0.29) is 30.0 Å². The van der Waals surface area contributed by atoms with Gasteiger partial charge < -0.3 is 20.2 Å². The van der Waals surface area contributed by atoms with E-state index in [4.69, 9.17) is 4.42 Å². The van der Waals surface area contributed by atoms with Gasteiger partial charge in [-0.3, -0.25) is 9.59 Å². The summed E-state index contributed by atoms with van der Waals surface area (Å²) in [5.41, 5.74) is 0.554. The maximum absolute atomic E-state index is 12.1. The molecule has 6 nitrogen and oxygen atoms in total. The number of carbonyl (C=O) groups excluding carboxylic acids is 2. The third-order valence-electron chi connectivity index (χ3n) is 3.17. The van der Waals surface area contributed by atoms with Gasteiger partial charge in [0.25, 0.3) is 11.8 Å². The molecule has 2 heterocycles. The van der Waals surface area contributed by atoms with E-state index < -0.39 is 0 Å². The number of hydrogen-bond donors (Lipinski definition) is 3. The van der Waals surface area contributed by atoms with Crippen molar-refractivity contribution >= 4 is 11.8 Å². The highest BCUT2D eigenvalue weighted by Crippen LogP contribution is 2.20. The summed E-state index contributed by atoms with van der Waals surface area (Å²) in [5, 5.41) is 14.6. The summed E-state index contributed by atoms with van der Waals surface area (Å²) < 4.78 is 5.27. The largest absolute Gasteiger partial charge is 0.468 e. The highest BCUT2D eigenvalue weighted by molar-refractivity contribution is 6.08. The molecule has 1 aromatic rings. The van der Waals surface area contributed by atoms with Gasteiger partial charge >= 0.3 is 0 Å². The van der Waals surface area contributed by atoms with Crippen LogP contribution in [-0.4, -0.2) is 36.1 Å². The summed E-state index contributed by atoms with van der Waals surface area (Å²) >= 11 is 0. The second-order valence-corrected chi connectivity index (χ2v) is 4.60. The quantitative estimate of drug-likeness (QED) is 0.722. The summed E-state index contributed by atoms with van der Waals surface area (Å²) in [6.07, 6.45) is 3.45. The summed E-state index contributed by atoms with van der Waals surface area (Å²) in [4.78, 5) is 23.9. The Morgan fingerprint density at radius 2 is 2.42 bits per heavy atom. The van der Waals surface area contributed by atoms with E-state index in [0.29, 0.717) is 30.7 Å². The maximum atomic E-state index is 12.1. The average molecular weight is 266 g/mol. The van der Waals surface area contributed by atoms with Gasteiger partial charge in [-0.1, -0.05) is 13.3 Å². The number of amides is 2. The van der Waals surface area contributed by atoms with Crippen LogP contribution in [0.1, 0.15) is 46.2 Å². The Balaban J connectivity index is 2.16. The lowest BCUT2D eigenvalue weighted by Gasteiger charge is -2.16. The SMILES string of the molecule is CCCC(CO)NC(=O)c1coc2c1C(=O)NCC2. The van der Waals surface area contributed by atoms with Gasteiger partial charge in [-0.25, -0.2) is 0 Å². The molecular weight excluding hydrogens is 248 g/mol. The molecule has 1 aromatic heterocycles. The van der Waals surface area contributed by atoms with Gasteiger partial charge in [0.15, 0.2) is 0 Å². The summed E-state index contributed by atoms with van der Waals surface area (Å²) in [7, 11) is 0. The topological polar surface area (TPSA) is 91.6 Å². The van der Waals surface area contributed by atoms with Gasteiger partial charge in [0.2, 0.25) is 0 Å². The third kappa shape index (κ3) is 2.78. The first kappa shape index (κ1) is 13.6. The lowest BCUT2D eigenvalue weighted by atomic mass is 10.0. The average Bonchev–Trinajstić information content (AvgIpc) is 2.83. The van der Waals surface area contributed by atoms with Crippen molar-refractivity contribution in [3.63, 3.8) is 0 Å². The van der Waals surface area contributed by atoms with Crippen LogP contribution in [0.3, 0.4) is 0 Å². The summed E-state index contributed by atoms with van der Waals surface area (Å²) in [6.45, 7) is 2.38. The van der Waals surface area contributed by atoms with Crippen molar-refractivity contribution < 1.29 is 19.1 Å². The highest BCUT2D eigenvalue weighted by Gasteiger charge is 2.28. The van der Waals surface area contributed by atoms with Crippen LogP contribution in [-0.2, 0) is 6.42 Å². The minimum Gasteiger partial charge on any atom is -0.468 e. The Morgan fingerprint density at radius 3 is 3.11 bits per heavy atom. The second kappa shape index (κ2) is 5.88. The zero-order valence-electron chi connectivity index (χ0n) is 10.9. The van der Waals surface area contributed by atoms with Gasteiger partial charge in [0.1, 0.15) is 12.0 Å². The van der Waals surface area contributed by atoms with Crippen LogP contribution in [0.15, 0.2) is 10.7 Å². The molecule has 0 fully saturated rings. The summed E-state index contributed by atoms with van der Waals surface area (Å²) in [5.74, 6) is -0.115. The van der Waals surface area contributed by atoms with Crippen molar-refractivity contribution in [2.24, 2.45) is 0 Å². The Morgan fingerprint density at radius 1 is 1.63 bits per heavy atom. The molecule has 0 radical (unpaired) electrons. The lowest BCUT2D eigenvalue weighted by Crippen LogP contribution is -2.39. The fraction of sp³-hybridized carbons (Fsp3) is 0.538. The number of nitrogens with one attached hydrogen (secondary N) is 2. The number of furan rings is 1. The molecule has 1 aliphatic heterocycles. The van der Waals surface area contributed by atoms with Crippen molar-refractivity contribution in [2.75, 3.05) is 13.2 Å². The molecule has 2 amide bonds. The first-order valence-corrected chi connectivity index (χ1v) is 6.47. The Kier molecular flexibility index (Phi) is 4.21. The van der Waals surface area contributed by atoms with Gasteiger partial charge in [-0.15, -0.1) is 0 Å². The van der Waals surface area contributed by atoms with Crippen LogP contribution in [0.25, 0.3) is 0 Å². The van der Waals surface area contributed by atoms with Crippen LogP contribution in [0.5, 0.6) is 0 Å². The Bertz CT molecular complexity index is 481. The molecule has 0 saturated heterocycles. The zero-order chi connectivity index (χ0) is 13.8. The predicted octanol–water partition coefficient (Wildman–Crippen LogP) is 0.456. The van der Waals surface area contributed by atoms with Crippen LogP contribution >= 0.6 is 0 Å². The fourth-order valence-corrected chi connectivity index (χ4v) is 2.20. The molecule has 1 aliphatic rings. The van der Waals surface area contributed by atoms with Crippen molar-refractivity contribution in [3.8, 4) is 0 Å². The van der Waals surface area contributed by atoms with Crippen molar-refractivity contribution in [2.45, 2.75) is 32.2 Å². The van der Waals surface area contributed by atoms with E-state index in [2.05, 4.69) is 10.6 Å². The number of rotatable bonds is 5. The van der Waals surface area contributed by atoms with E-state index in [1.54, 1.807) is 0 Å². The molecule has 104 valence electrons. The molecule has 0 aliphatic carbocycles. The number of carbonyl (C=O) groups is 2. The molecule has 0 saturated carbocycles. The van der Waals surface area contributed by atoms with Gasteiger partial charge in [-0.2, -0.15) is 0 Å². The third-order valence-corrected chi connectivity index (χ3v) is 3.17. The van der Waals surface area contributed by atoms with Gasteiger partial charge in [0.05, 0.1) is 23.8 Å².